The van der Waals surface area contributed by atoms with Crippen LogP contribution in [0.15, 0.2) is 45.7 Å². The second kappa shape index (κ2) is 5.28. The molecule has 0 amide bonds. The maximum atomic E-state index is 11.3. The fraction of sp³-hybridized carbons (Fsp3) is 0.0714. The number of hydrogen-bond acceptors (Lipinski definition) is 1. The van der Waals surface area contributed by atoms with Gasteiger partial charge >= 0.3 is 5.69 Å². The Hall–Kier alpha value is -1.23. The van der Waals surface area contributed by atoms with Crippen molar-refractivity contribution in [1.82, 2.24) is 9.97 Å². The highest BCUT2D eigenvalue weighted by atomic mass is 79.9. The summed E-state index contributed by atoms with van der Waals surface area (Å²) in [5.41, 5.74) is 2.94. The maximum Gasteiger partial charge on any atom is 0.323 e. The van der Waals surface area contributed by atoms with Gasteiger partial charge in [0.05, 0.1) is 16.4 Å². The molecule has 0 radical (unpaired) electrons. The summed E-state index contributed by atoms with van der Waals surface area (Å²) in [6.07, 6.45) is 0. The van der Waals surface area contributed by atoms with Crippen molar-refractivity contribution in [2.24, 2.45) is 0 Å². The zero-order valence-electron chi connectivity index (χ0n) is 10.1. The standard InChI is InChI=1S/C14H9BrCl2N2O/c15-8-2-3-10(16)9(6-8)13(17)7-1-4-11-12(5-7)19-14(20)18-11/h1-6,13H,(H2,18,19,20). The number of alkyl halides is 1. The molecule has 1 aromatic heterocycles. The van der Waals surface area contributed by atoms with Crippen molar-refractivity contribution in [3.8, 4) is 0 Å². The summed E-state index contributed by atoms with van der Waals surface area (Å²) in [4.78, 5) is 16.7. The van der Waals surface area contributed by atoms with Gasteiger partial charge in [0, 0.05) is 9.50 Å². The molecule has 0 aliphatic heterocycles. The minimum atomic E-state index is -0.386. The number of aromatic amines is 2. The summed E-state index contributed by atoms with van der Waals surface area (Å²) in [6.45, 7) is 0. The first-order valence-electron chi connectivity index (χ1n) is 5.85. The molecule has 0 bridgehead atoms. The normalized spacial score (nSPS) is 12.8. The van der Waals surface area contributed by atoms with Crippen LogP contribution in [0.1, 0.15) is 16.5 Å². The highest BCUT2D eigenvalue weighted by Gasteiger charge is 2.15. The molecule has 3 aromatic rings. The Labute approximate surface area is 133 Å². The molecule has 0 saturated carbocycles. The van der Waals surface area contributed by atoms with E-state index in [2.05, 4.69) is 25.9 Å². The van der Waals surface area contributed by atoms with Crippen molar-refractivity contribution in [2.75, 3.05) is 0 Å². The number of hydrogen-bond donors (Lipinski definition) is 2. The molecule has 2 N–H and O–H groups in total. The second-order valence-electron chi connectivity index (χ2n) is 4.41. The summed E-state index contributed by atoms with van der Waals surface area (Å²) in [6, 6.07) is 11.1. The van der Waals surface area contributed by atoms with Crippen molar-refractivity contribution in [3.63, 3.8) is 0 Å². The summed E-state index contributed by atoms with van der Waals surface area (Å²) < 4.78 is 0.915. The smallest absolute Gasteiger partial charge is 0.306 e. The Kier molecular flexibility index (Phi) is 3.63. The van der Waals surface area contributed by atoms with E-state index in [0.29, 0.717) is 5.02 Å². The van der Waals surface area contributed by atoms with E-state index in [9.17, 15) is 4.79 Å². The van der Waals surface area contributed by atoms with Crippen LogP contribution in [0.2, 0.25) is 5.02 Å². The predicted octanol–water partition coefficient (Wildman–Crippen LogP) is 4.60. The van der Waals surface area contributed by atoms with E-state index in [1.165, 1.54) is 0 Å². The molecule has 0 fully saturated rings. The van der Waals surface area contributed by atoms with E-state index in [1.807, 2.05) is 30.3 Å². The van der Waals surface area contributed by atoms with Crippen LogP contribution < -0.4 is 5.69 Å². The van der Waals surface area contributed by atoms with E-state index < -0.39 is 0 Å². The van der Waals surface area contributed by atoms with E-state index in [0.717, 1.165) is 26.6 Å². The molecule has 102 valence electrons. The second-order valence-corrected chi connectivity index (χ2v) is 6.17. The van der Waals surface area contributed by atoms with Crippen molar-refractivity contribution in [1.29, 1.82) is 0 Å². The van der Waals surface area contributed by atoms with Gasteiger partial charge in [0.2, 0.25) is 0 Å². The van der Waals surface area contributed by atoms with Gasteiger partial charge in [0.25, 0.3) is 0 Å². The van der Waals surface area contributed by atoms with Crippen LogP contribution in [0.5, 0.6) is 0 Å². The molecule has 1 heterocycles. The van der Waals surface area contributed by atoms with Gasteiger partial charge in [-0.2, -0.15) is 0 Å². The van der Waals surface area contributed by atoms with Gasteiger partial charge < -0.3 is 9.97 Å². The van der Waals surface area contributed by atoms with Gasteiger partial charge in [-0.3, -0.25) is 0 Å². The highest BCUT2D eigenvalue weighted by molar-refractivity contribution is 9.10. The molecule has 0 spiro atoms. The molecule has 1 atom stereocenters. The first-order valence-corrected chi connectivity index (χ1v) is 7.46. The monoisotopic (exact) mass is 370 g/mol. The lowest BCUT2D eigenvalue weighted by atomic mass is 10.0. The number of halogens is 3. The first-order chi connectivity index (χ1) is 9.54. The van der Waals surface area contributed by atoms with Gasteiger partial charge in [-0.15, -0.1) is 11.6 Å². The predicted molar refractivity (Wildman–Crippen MR) is 85.8 cm³/mol. The molecule has 0 aliphatic carbocycles. The third-order valence-corrected chi connectivity index (χ3v) is 4.39. The largest absolute Gasteiger partial charge is 0.323 e. The Bertz CT molecular complexity index is 841. The number of fused-ring (bicyclic) bond motifs is 1. The lowest BCUT2D eigenvalue weighted by Gasteiger charge is -2.12. The van der Waals surface area contributed by atoms with Gasteiger partial charge in [0.1, 0.15) is 0 Å². The van der Waals surface area contributed by atoms with Crippen LogP contribution in [0.4, 0.5) is 0 Å². The molecular weight excluding hydrogens is 363 g/mol. The third-order valence-electron chi connectivity index (χ3n) is 3.06. The third kappa shape index (κ3) is 2.51. The van der Waals surface area contributed by atoms with Crippen LogP contribution in [-0.4, -0.2) is 9.97 Å². The zero-order chi connectivity index (χ0) is 14.3. The van der Waals surface area contributed by atoms with E-state index in [4.69, 9.17) is 23.2 Å². The Balaban J connectivity index is 2.09. The number of nitrogens with one attached hydrogen (secondary N) is 2. The number of aromatic nitrogens is 2. The molecule has 3 nitrogen and oxygen atoms in total. The van der Waals surface area contributed by atoms with E-state index >= 15 is 0 Å². The van der Waals surface area contributed by atoms with Crippen molar-refractivity contribution in [2.45, 2.75) is 5.38 Å². The topological polar surface area (TPSA) is 48.6 Å². The summed E-state index contributed by atoms with van der Waals surface area (Å²) >= 11 is 16.1. The van der Waals surface area contributed by atoms with Gasteiger partial charge in [-0.05, 0) is 41.5 Å². The molecule has 1 unspecified atom stereocenters. The molecular formula is C14H9BrCl2N2O. The fourth-order valence-electron chi connectivity index (χ4n) is 2.10. The molecule has 0 aliphatic rings. The molecule has 20 heavy (non-hydrogen) atoms. The number of imidazole rings is 1. The molecule has 6 heteroatoms. The Morgan fingerprint density at radius 2 is 1.80 bits per heavy atom. The number of rotatable bonds is 2. The summed E-state index contributed by atoms with van der Waals surface area (Å²) in [5.74, 6) is 0. The SMILES string of the molecule is O=c1[nH]c2ccc(C(Cl)c3cc(Br)ccc3Cl)cc2[nH]1. The Morgan fingerprint density at radius 3 is 2.60 bits per heavy atom. The van der Waals surface area contributed by atoms with Crippen LogP contribution in [0.3, 0.4) is 0 Å². The summed E-state index contributed by atoms with van der Waals surface area (Å²) in [5, 5.41) is 0.221. The fourth-order valence-corrected chi connectivity index (χ4v) is 3.07. The first kappa shape index (κ1) is 13.7. The minimum absolute atomic E-state index is 0.233. The lowest BCUT2D eigenvalue weighted by Crippen LogP contribution is -1.99. The summed E-state index contributed by atoms with van der Waals surface area (Å²) in [7, 11) is 0. The average Bonchev–Trinajstić information content (AvgIpc) is 2.79. The average molecular weight is 372 g/mol. The quantitative estimate of drug-likeness (QED) is 0.635. The van der Waals surface area contributed by atoms with Crippen molar-refractivity contribution >= 4 is 50.2 Å². The molecule has 2 aromatic carbocycles. The van der Waals surface area contributed by atoms with Crippen molar-refractivity contribution in [3.05, 3.63) is 67.5 Å². The van der Waals surface area contributed by atoms with E-state index in [1.54, 1.807) is 6.07 Å². The Morgan fingerprint density at radius 1 is 1.05 bits per heavy atom. The van der Waals surface area contributed by atoms with E-state index in [-0.39, 0.29) is 11.1 Å². The van der Waals surface area contributed by atoms with Gasteiger partial charge in [0.15, 0.2) is 0 Å². The molecule has 0 saturated heterocycles. The van der Waals surface area contributed by atoms with Crippen LogP contribution >= 0.6 is 39.1 Å². The maximum absolute atomic E-state index is 11.3. The molecule has 3 rings (SSSR count). The lowest BCUT2D eigenvalue weighted by molar-refractivity contribution is 1.14. The van der Waals surface area contributed by atoms with Gasteiger partial charge in [-0.1, -0.05) is 33.6 Å². The van der Waals surface area contributed by atoms with Crippen LogP contribution in [0.25, 0.3) is 11.0 Å². The number of benzene rings is 2. The van der Waals surface area contributed by atoms with Gasteiger partial charge in [-0.25, -0.2) is 4.79 Å². The number of H-pyrrole nitrogens is 2. The van der Waals surface area contributed by atoms with Crippen LogP contribution in [-0.2, 0) is 0 Å². The van der Waals surface area contributed by atoms with Crippen LogP contribution in [0, 0.1) is 0 Å². The van der Waals surface area contributed by atoms with Crippen molar-refractivity contribution < 1.29 is 0 Å². The minimum Gasteiger partial charge on any atom is -0.306 e. The zero-order valence-corrected chi connectivity index (χ0v) is 13.2. The highest BCUT2D eigenvalue weighted by Crippen LogP contribution is 2.35.